The van der Waals surface area contributed by atoms with Crippen LogP contribution in [0.3, 0.4) is 0 Å². The first kappa shape index (κ1) is 13.4. The molecular formula is C14H19N3O2. The molecule has 0 radical (unpaired) electrons. The van der Waals surface area contributed by atoms with Crippen LogP contribution in [0.25, 0.3) is 5.69 Å². The van der Waals surface area contributed by atoms with E-state index in [1.165, 1.54) is 0 Å². The Bertz CT molecular complexity index is 537. The highest BCUT2D eigenvalue weighted by atomic mass is 16.5. The van der Waals surface area contributed by atoms with E-state index in [9.17, 15) is 0 Å². The van der Waals surface area contributed by atoms with Crippen molar-refractivity contribution in [2.75, 3.05) is 13.2 Å². The summed E-state index contributed by atoms with van der Waals surface area (Å²) in [5, 5.41) is 0. The zero-order valence-electron chi connectivity index (χ0n) is 11.3. The van der Waals surface area contributed by atoms with Crippen molar-refractivity contribution in [3.63, 3.8) is 0 Å². The van der Waals surface area contributed by atoms with Crippen molar-refractivity contribution in [1.29, 1.82) is 0 Å². The molecule has 0 aliphatic heterocycles. The summed E-state index contributed by atoms with van der Waals surface area (Å²) in [6, 6.07) is 5.81. The second-order valence-electron chi connectivity index (χ2n) is 3.96. The minimum absolute atomic E-state index is 0.442. The SMILES string of the molecule is CCOc1ccc(-n2cncc2CN)cc1OCC. The van der Waals surface area contributed by atoms with Crippen LogP contribution in [0.15, 0.2) is 30.7 Å². The van der Waals surface area contributed by atoms with E-state index in [4.69, 9.17) is 15.2 Å². The molecular weight excluding hydrogens is 242 g/mol. The molecule has 1 aromatic carbocycles. The van der Waals surface area contributed by atoms with Crippen LogP contribution in [0.5, 0.6) is 11.5 Å². The Balaban J connectivity index is 2.39. The van der Waals surface area contributed by atoms with Crippen LogP contribution in [0.1, 0.15) is 19.5 Å². The summed E-state index contributed by atoms with van der Waals surface area (Å²) in [7, 11) is 0. The molecule has 0 saturated carbocycles. The number of hydrogen-bond donors (Lipinski definition) is 1. The van der Waals surface area contributed by atoms with Gasteiger partial charge < -0.3 is 19.8 Å². The second kappa shape index (κ2) is 6.24. The van der Waals surface area contributed by atoms with Gasteiger partial charge in [0.25, 0.3) is 0 Å². The third-order valence-corrected chi connectivity index (χ3v) is 2.73. The van der Waals surface area contributed by atoms with Crippen LogP contribution in [0.2, 0.25) is 0 Å². The number of rotatable bonds is 6. The van der Waals surface area contributed by atoms with Crippen molar-refractivity contribution in [1.82, 2.24) is 9.55 Å². The lowest BCUT2D eigenvalue weighted by molar-refractivity contribution is 0.287. The maximum Gasteiger partial charge on any atom is 0.163 e. The minimum Gasteiger partial charge on any atom is -0.490 e. The Morgan fingerprint density at radius 2 is 1.89 bits per heavy atom. The van der Waals surface area contributed by atoms with E-state index >= 15 is 0 Å². The summed E-state index contributed by atoms with van der Waals surface area (Å²) < 4.78 is 13.1. The van der Waals surface area contributed by atoms with Gasteiger partial charge in [-0.3, -0.25) is 0 Å². The van der Waals surface area contributed by atoms with Gasteiger partial charge in [-0.25, -0.2) is 4.98 Å². The molecule has 1 heterocycles. The molecule has 0 unspecified atom stereocenters. The predicted molar refractivity (Wildman–Crippen MR) is 73.8 cm³/mol. The van der Waals surface area contributed by atoms with E-state index < -0.39 is 0 Å². The van der Waals surface area contributed by atoms with E-state index in [0.717, 1.165) is 22.9 Å². The molecule has 102 valence electrons. The molecule has 5 heteroatoms. The summed E-state index contributed by atoms with van der Waals surface area (Å²) in [6.45, 7) is 5.55. The summed E-state index contributed by atoms with van der Waals surface area (Å²) in [5.74, 6) is 1.49. The van der Waals surface area contributed by atoms with Gasteiger partial charge in [-0.1, -0.05) is 0 Å². The molecule has 0 aliphatic rings. The van der Waals surface area contributed by atoms with Crippen molar-refractivity contribution >= 4 is 0 Å². The van der Waals surface area contributed by atoms with Crippen molar-refractivity contribution < 1.29 is 9.47 Å². The Labute approximate surface area is 113 Å². The van der Waals surface area contributed by atoms with Crippen molar-refractivity contribution in [3.05, 3.63) is 36.4 Å². The van der Waals surface area contributed by atoms with Crippen LogP contribution in [-0.2, 0) is 6.54 Å². The lowest BCUT2D eigenvalue weighted by Gasteiger charge is -2.13. The number of nitrogens with zero attached hydrogens (tertiary/aromatic N) is 2. The lowest BCUT2D eigenvalue weighted by Crippen LogP contribution is -2.05. The fraction of sp³-hybridized carbons (Fsp3) is 0.357. The molecule has 19 heavy (non-hydrogen) atoms. The number of nitrogens with two attached hydrogens (primary N) is 1. The number of ether oxygens (including phenoxy) is 2. The normalized spacial score (nSPS) is 10.5. The van der Waals surface area contributed by atoms with Crippen LogP contribution >= 0.6 is 0 Å². The van der Waals surface area contributed by atoms with Gasteiger partial charge in [-0.05, 0) is 26.0 Å². The van der Waals surface area contributed by atoms with Crippen LogP contribution in [0, 0.1) is 0 Å². The molecule has 0 aliphatic carbocycles. The molecule has 0 atom stereocenters. The summed E-state index contributed by atoms with van der Waals surface area (Å²) in [6.07, 6.45) is 3.50. The molecule has 2 aromatic rings. The number of benzene rings is 1. The molecule has 2 N–H and O–H groups in total. The van der Waals surface area contributed by atoms with Crippen LogP contribution < -0.4 is 15.2 Å². The third-order valence-electron chi connectivity index (χ3n) is 2.73. The van der Waals surface area contributed by atoms with E-state index in [2.05, 4.69) is 4.98 Å². The van der Waals surface area contributed by atoms with Gasteiger partial charge in [0.15, 0.2) is 11.5 Å². The van der Waals surface area contributed by atoms with E-state index in [1.807, 2.05) is 36.6 Å². The highest BCUT2D eigenvalue weighted by molar-refractivity contribution is 5.49. The number of imidazole rings is 1. The van der Waals surface area contributed by atoms with Gasteiger partial charge in [0, 0.05) is 18.8 Å². The molecule has 5 nitrogen and oxygen atoms in total. The Hall–Kier alpha value is -2.01. The second-order valence-corrected chi connectivity index (χ2v) is 3.96. The zero-order chi connectivity index (χ0) is 13.7. The average molecular weight is 261 g/mol. The molecule has 0 fully saturated rings. The monoisotopic (exact) mass is 261 g/mol. The minimum atomic E-state index is 0.442. The van der Waals surface area contributed by atoms with E-state index in [-0.39, 0.29) is 0 Å². The fourth-order valence-corrected chi connectivity index (χ4v) is 1.90. The summed E-state index contributed by atoms with van der Waals surface area (Å²) in [5.41, 5.74) is 7.60. The van der Waals surface area contributed by atoms with Crippen molar-refractivity contribution in [3.8, 4) is 17.2 Å². The highest BCUT2D eigenvalue weighted by Gasteiger charge is 2.09. The smallest absolute Gasteiger partial charge is 0.163 e. The van der Waals surface area contributed by atoms with Gasteiger partial charge >= 0.3 is 0 Å². The first-order chi connectivity index (χ1) is 9.30. The van der Waals surface area contributed by atoms with Gasteiger partial charge in [-0.2, -0.15) is 0 Å². The first-order valence-corrected chi connectivity index (χ1v) is 6.41. The summed E-state index contributed by atoms with van der Waals surface area (Å²) >= 11 is 0. The van der Waals surface area contributed by atoms with Gasteiger partial charge in [0.05, 0.1) is 30.9 Å². The molecule has 0 bridgehead atoms. The van der Waals surface area contributed by atoms with E-state index in [1.54, 1.807) is 12.5 Å². The fourth-order valence-electron chi connectivity index (χ4n) is 1.90. The summed E-state index contributed by atoms with van der Waals surface area (Å²) in [4.78, 5) is 4.11. The molecule has 2 rings (SSSR count). The quantitative estimate of drug-likeness (QED) is 0.865. The van der Waals surface area contributed by atoms with Crippen LogP contribution in [-0.4, -0.2) is 22.8 Å². The third kappa shape index (κ3) is 2.88. The van der Waals surface area contributed by atoms with E-state index in [0.29, 0.717) is 19.8 Å². The standard InChI is InChI=1S/C14H19N3O2/c1-3-18-13-6-5-11(7-14(13)19-4-2)17-10-16-9-12(17)8-15/h5-7,9-10H,3-4,8,15H2,1-2H3. The lowest BCUT2D eigenvalue weighted by atomic mass is 10.2. The first-order valence-electron chi connectivity index (χ1n) is 6.41. The van der Waals surface area contributed by atoms with Gasteiger partial charge in [0.1, 0.15) is 0 Å². The van der Waals surface area contributed by atoms with Crippen molar-refractivity contribution in [2.45, 2.75) is 20.4 Å². The maximum absolute atomic E-state index is 5.69. The average Bonchev–Trinajstić information content (AvgIpc) is 2.89. The van der Waals surface area contributed by atoms with Gasteiger partial charge in [0.2, 0.25) is 0 Å². The maximum atomic E-state index is 5.69. The topological polar surface area (TPSA) is 62.3 Å². The van der Waals surface area contributed by atoms with Gasteiger partial charge in [-0.15, -0.1) is 0 Å². The Morgan fingerprint density at radius 3 is 2.58 bits per heavy atom. The molecule has 0 amide bonds. The Morgan fingerprint density at radius 1 is 1.16 bits per heavy atom. The van der Waals surface area contributed by atoms with Crippen molar-refractivity contribution in [2.24, 2.45) is 5.73 Å². The molecule has 0 spiro atoms. The molecule has 0 saturated heterocycles. The predicted octanol–water partition coefficient (Wildman–Crippen LogP) is 2.13. The van der Waals surface area contributed by atoms with Crippen LogP contribution in [0.4, 0.5) is 0 Å². The molecule has 1 aromatic heterocycles. The largest absolute Gasteiger partial charge is 0.490 e. The Kier molecular flexibility index (Phi) is 4.41. The highest BCUT2D eigenvalue weighted by Crippen LogP contribution is 2.30. The zero-order valence-corrected chi connectivity index (χ0v) is 11.3. The number of hydrogen-bond acceptors (Lipinski definition) is 4. The number of aromatic nitrogens is 2.